The second kappa shape index (κ2) is 5.44. The Balaban J connectivity index is 1.97. The quantitative estimate of drug-likeness (QED) is 0.556. The maximum absolute atomic E-state index is 5.95. The maximum atomic E-state index is 5.95. The van der Waals surface area contributed by atoms with E-state index < -0.39 is 0 Å². The lowest BCUT2D eigenvalue weighted by atomic mass is 9.96. The second-order valence-corrected chi connectivity index (χ2v) is 7.99. The first-order valence-electron chi connectivity index (χ1n) is 7.08. The van der Waals surface area contributed by atoms with Crippen LogP contribution in [0.4, 0.5) is 0 Å². The van der Waals surface area contributed by atoms with E-state index in [0.717, 1.165) is 16.6 Å². The first-order valence-corrected chi connectivity index (χ1v) is 8.79. The average molecular weight is 410 g/mol. The molecule has 1 aliphatic heterocycles. The van der Waals surface area contributed by atoms with Crippen molar-refractivity contribution in [3.8, 4) is 5.75 Å². The second-order valence-electron chi connectivity index (χ2n) is 6.22. The largest absolute Gasteiger partial charge is 0.487 e. The molecule has 2 aromatic rings. The number of benzene rings is 2. The summed E-state index contributed by atoms with van der Waals surface area (Å²) in [6, 6.07) is 12.9. The van der Waals surface area contributed by atoms with Crippen LogP contribution >= 0.6 is 31.9 Å². The molecular formula is C18H18Br2O. The Morgan fingerprint density at radius 1 is 1.19 bits per heavy atom. The van der Waals surface area contributed by atoms with Crippen LogP contribution < -0.4 is 4.74 Å². The number of rotatable bonds is 2. The van der Waals surface area contributed by atoms with Gasteiger partial charge in [-0.25, -0.2) is 0 Å². The van der Waals surface area contributed by atoms with Crippen LogP contribution in [0.15, 0.2) is 40.9 Å². The fourth-order valence-electron chi connectivity index (χ4n) is 2.87. The minimum absolute atomic E-state index is 0.0888. The van der Waals surface area contributed by atoms with Gasteiger partial charge in [-0.1, -0.05) is 56.1 Å². The van der Waals surface area contributed by atoms with E-state index in [9.17, 15) is 0 Å². The van der Waals surface area contributed by atoms with Gasteiger partial charge in [0, 0.05) is 10.9 Å². The average Bonchev–Trinajstić information content (AvgIpc) is 2.73. The van der Waals surface area contributed by atoms with Gasteiger partial charge in [-0.05, 0) is 55.2 Å². The number of hydrogen-bond donors (Lipinski definition) is 0. The van der Waals surface area contributed by atoms with Crippen molar-refractivity contribution in [3.05, 3.63) is 63.1 Å². The lowest BCUT2D eigenvalue weighted by Crippen LogP contribution is -2.24. The lowest BCUT2D eigenvalue weighted by Gasteiger charge is -2.16. The predicted molar refractivity (Wildman–Crippen MR) is 94.5 cm³/mol. The minimum Gasteiger partial charge on any atom is -0.487 e. The van der Waals surface area contributed by atoms with Gasteiger partial charge in [-0.2, -0.15) is 0 Å². The van der Waals surface area contributed by atoms with E-state index in [-0.39, 0.29) is 10.4 Å². The van der Waals surface area contributed by atoms with Crippen molar-refractivity contribution in [2.75, 3.05) is 0 Å². The van der Waals surface area contributed by atoms with Gasteiger partial charge in [0.05, 0.1) is 4.83 Å². The van der Waals surface area contributed by atoms with Crippen LogP contribution in [0.2, 0.25) is 0 Å². The summed E-state index contributed by atoms with van der Waals surface area (Å²) in [5.74, 6) is 1.02. The SMILES string of the molecule is Cc1c(Br)cccc1C(Br)c1ccc2c(c1)CC(C)(C)O2. The first-order chi connectivity index (χ1) is 9.87. The maximum Gasteiger partial charge on any atom is 0.123 e. The van der Waals surface area contributed by atoms with Crippen LogP contribution in [0.5, 0.6) is 5.75 Å². The first kappa shape index (κ1) is 15.1. The summed E-state index contributed by atoms with van der Waals surface area (Å²) in [6.07, 6.45) is 0.966. The molecule has 0 spiro atoms. The molecule has 21 heavy (non-hydrogen) atoms. The summed E-state index contributed by atoms with van der Waals surface area (Å²) in [5, 5.41) is 0. The molecule has 0 amide bonds. The van der Waals surface area contributed by atoms with Gasteiger partial charge in [-0.3, -0.25) is 0 Å². The van der Waals surface area contributed by atoms with Crippen LogP contribution in [0.1, 0.15) is 40.9 Å². The molecular weight excluding hydrogens is 392 g/mol. The molecule has 1 unspecified atom stereocenters. The Labute approximate surface area is 143 Å². The zero-order valence-corrected chi connectivity index (χ0v) is 15.6. The third kappa shape index (κ3) is 2.91. The summed E-state index contributed by atoms with van der Waals surface area (Å²) in [7, 11) is 0. The Morgan fingerprint density at radius 2 is 1.95 bits per heavy atom. The molecule has 3 rings (SSSR count). The third-order valence-corrected chi connectivity index (χ3v) is 5.84. The van der Waals surface area contributed by atoms with Crippen molar-refractivity contribution in [2.24, 2.45) is 0 Å². The molecule has 1 atom stereocenters. The van der Waals surface area contributed by atoms with Crippen LogP contribution in [0.25, 0.3) is 0 Å². The van der Waals surface area contributed by atoms with Crippen molar-refractivity contribution >= 4 is 31.9 Å². The number of halogens is 2. The summed E-state index contributed by atoms with van der Waals surface area (Å²) in [6.45, 7) is 6.42. The lowest BCUT2D eigenvalue weighted by molar-refractivity contribution is 0.138. The van der Waals surface area contributed by atoms with E-state index in [1.165, 1.54) is 22.3 Å². The smallest absolute Gasteiger partial charge is 0.123 e. The van der Waals surface area contributed by atoms with Crippen molar-refractivity contribution in [2.45, 2.75) is 37.6 Å². The Kier molecular flexibility index (Phi) is 3.91. The van der Waals surface area contributed by atoms with E-state index in [0.29, 0.717) is 0 Å². The van der Waals surface area contributed by atoms with Gasteiger partial charge in [0.2, 0.25) is 0 Å². The number of hydrogen-bond acceptors (Lipinski definition) is 1. The van der Waals surface area contributed by atoms with E-state index in [4.69, 9.17) is 4.74 Å². The monoisotopic (exact) mass is 408 g/mol. The molecule has 0 aromatic heterocycles. The number of fused-ring (bicyclic) bond motifs is 1. The predicted octanol–water partition coefficient (Wildman–Crippen LogP) is 5.96. The summed E-state index contributed by atoms with van der Waals surface area (Å²) >= 11 is 7.47. The van der Waals surface area contributed by atoms with Gasteiger partial charge >= 0.3 is 0 Å². The normalized spacial score (nSPS) is 17.2. The molecule has 0 saturated carbocycles. The number of ether oxygens (including phenoxy) is 1. The van der Waals surface area contributed by atoms with E-state index in [1.807, 2.05) is 0 Å². The number of alkyl halides is 1. The molecule has 0 saturated heterocycles. The van der Waals surface area contributed by atoms with Crippen molar-refractivity contribution < 1.29 is 4.74 Å². The van der Waals surface area contributed by atoms with Crippen LogP contribution in [0, 0.1) is 6.92 Å². The molecule has 2 aromatic carbocycles. The molecule has 0 bridgehead atoms. The fraction of sp³-hybridized carbons (Fsp3) is 0.333. The molecule has 1 aliphatic rings. The Bertz CT molecular complexity index is 692. The highest BCUT2D eigenvalue weighted by Crippen LogP contribution is 2.40. The van der Waals surface area contributed by atoms with Crippen LogP contribution in [-0.2, 0) is 6.42 Å². The highest BCUT2D eigenvalue weighted by Gasteiger charge is 2.30. The van der Waals surface area contributed by atoms with Crippen molar-refractivity contribution in [3.63, 3.8) is 0 Å². The zero-order valence-electron chi connectivity index (χ0n) is 12.4. The van der Waals surface area contributed by atoms with Crippen LogP contribution in [-0.4, -0.2) is 5.60 Å². The molecule has 0 aliphatic carbocycles. The Hall–Kier alpha value is -0.800. The fourth-order valence-corrected chi connectivity index (χ4v) is 4.03. The van der Waals surface area contributed by atoms with E-state index >= 15 is 0 Å². The van der Waals surface area contributed by atoms with Gasteiger partial charge in [0.25, 0.3) is 0 Å². The summed E-state index contributed by atoms with van der Waals surface area (Å²) in [4.78, 5) is 0.198. The summed E-state index contributed by atoms with van der Waals surface area (Å²) in [5.41, 5.74) is 5.05. The molecule has 110 valence electrons. The molecule has 1 nitrogen and oxygen atoms in total. The van der Waals surface area contributed by atoms with Crippen molar-refractivity contribution in [1.29, 1.82) is 0 Å². The Morgan fingerprint density at radius 3 is 2.71 bits per heavy atom. The van der Waals surface area contributed by atoms with Gasteiger partial charge < -0.3 is 4.74 Å². The van der Waals surface area contributed by atoms with E-state index in [2.05, 4.69) is 89.0 Å². The van der Waals surface area contributed by atoms with Crippen molar-refractivity contribution in [1.82, 2.24) is 0 Å². The van der Waals surface area contributed by atoms with Gasteiger partial charge in [-0.15, -0.1) is 0 Å². The van der Waals surface area contributed by atoms with E-state index in [1.54, 1.807) is 0 Å². The highest BCUT2D eigenvalue weighted by atomic mass is 79.9. The molecule has 3 heteroatoms. The highest BCUT2D eigenvalue weighted by molar-refractivity contribution is 9.10. The zero-order chi connectivity index (χ0) is 15.2. The van der Waals surface area contributed by atoms with Gasteiger partial charge in [0.15, 0.2) is 0 Å². The minimum atomic E-state index is -0.0888. The molecule has 0 radical (unpaired) electrons. The topological polar surface area (TPSA) is 9.23 Å². The molecule has 0 N–H and O–H groups in total. The molecule has 0 fully saturated rings. The standard InChI is InChI=1S/C18H18Br2O/c1-11-14(5-4-6-15(11)19)17(20)12-7-8-16-13(9-12)10-18(2,3)21-16/h4-9,17H,10H2,1-3H3. The molecule has 1 heterocycles. The van der Waals surface area contributed by atoms with Crippen LogP contribution in [0.3, 0.4) is 0 Å². The summed E-state index contributed by atoms with van der Waals surface area (Å²) < 4.78 is 7.10. The third-order valence-electron chi connectivity index (χ3n) is 3.96. The van der Waals surface area contributed by atoms with Gasteiger partial charge in [0.1, 0.15) is 11.4 Å².